The number of hydrogen-bond donors (Lipinski definition) is 2. The summed E-state index contributed by atoms with van der Waals surface area (Å²) in [4.78, 5) is 22.6. The van der Waals surface area contributed by atoms with Crippen molar-refractivity contribution in [3.05, 3.63) is 0 Å². The molecule has 2 rings (SSSR count). The Kier molecular flexibility index (Phi) is 3.50. The number of nitrogens with one attached hydrogen (secondary N) is 2. The van der Waals surface area contributed by atoms with Crippen LogP contribution in [0.4, 0.5) is 0 Å². The molecule has 2 fully saturated rings. The summed E-state index contributed by atoms with van der Waals surface area (Å²) in [6.45, 7) is 1.62. The predicted octanol–water partition coefficient (Wildman–Crippen LogP) is 0.215. The lowest BCUT2D eigenvalue weighted by molar-refractivity contribution is -0.128. The molecule has 0 aliphatic carbocycles. The Balaban J connectivity index is 0.000000980. The fraction of sp³-hybridized carbons (Fsp3) is 0.778. The molecule has 0 saturated carbocycles. The molecule has 1 spiro atoms. The first-order valence-electron chi connectivity index (χ1n) is 4.78. The van der Waals surface area contributed by atoms with Crippen molar-refractivity contribution in [2.75, 3.05) is 13.1 Å². The van der Waals surface area contributed by atoms with Crippen molar-refractivity contribution >= 4 is 24.2 Å². The summed E-state index contributed by atoms with van der Waals surface area (Å²) in [7, 11) is 0. The largest absolute Gasteiger partial charge is 0.316 e. The Morgan fingerprint density at radius 1 is 1.21 bits per heavy atom. The van der Waals surface area contributed by atoms with Gasteiger partial charge in [0.05, 0.1) is 5.41 Å². The molecule has 0 bridgehead atoms. The summed E-state index contributed by atoms with van der Waals surface area (Å²) in [5, 5.41) is 5.61. The minimum Gasteiger partial charge on any atom is -0.316 e. The Hall–Kier alpha value is -0.610. The monoisotopic (exact) mass is 218 g/mol. The van der Waals surface area contributed by atoms with Crippen LogP contribution >= 0.6 is 12.4 Å². The van der Waals surface area contributed by atoms with Gasteiger partial charge in [0.25, 0.3) is 0 Å². The Morgan fingerprint density at radius 2 is 2.00 bits per heavy atom. The molecule has 1 atom stereocenters. The number of halogens is 1. The quantitative estimate of drug-likeness (QED) is 0.572. The minimum absolute atomic E-state index is 0. The molecule has 2 heterocycles. The van der Waals surface area contributed by atoms with Crippen LogP contribution in [0.15, 0.2) is 0 Å². The highest BCUT2D eigenvalue weighted by molar-refractivity contribution is 6.06. The van der Waals surface area contributed by atoms with Gasteiger partial charge in [0.2, 0.25) is 11.8 Å². The van der Waals surface area contributed by atoms with E-state index in [4.69, 9.17) is 0 Å². The minimum atomic E-state index is -0.423. The highest BCUT2D eigenvalue weighted by atomic mass is 35.5. The SMILES string of the molecule is Cl.O=C1CC2(CCCCNC2)C(=O)N1. The normalized spacial score (nSPS) is 32.3. The number of amides is 2. The number of carbonyl (C=O) groups is 2. The maximum Gasteiger partial charge on any atom is 0.234 e. The summed E-state index contributed by atoms with van der Waals surface area (Å²) in [5.74, 6) is -0.194. The van der Waals surface area contributed by atoms with Crippen LogP contribution in [-0.2, 0) is 9.59 Å². The zero-order valence-corrected chi connectivity index (χ0v) is 8.78. The molecule has 2 aliphatic heterocycles. The van der Waals surface area contributed by atoms with Gasteiger partial charge in [-0.3, -0.25) is 14.9 Å². The van der Waals surface area contributed by atoms with E-state index < -0.39 is 5.41 Å². The van der Waals surface area contributed by atoms with Crippen LogP contribution in [0.25, 0.3) is 0 Å². The molecular weight excluding hydrogens is 204 g/mol. The Bertz CT molecular complexity index is 247. The molecule has 1 unspecified atom stereocenters. The van der Waals surface area contributed by atoms with E-state index in [0.29, 0.717) is 13.0 Å². The second-order valence-electron chi connectivity index (χ2n) is 3.97. The van der Waals surface area contributed by atoms with E-state index in [-0.39, 0.29) is 24.2 Å². The topological polar surface area (TPSA) is 58.2 Å². The molecule has 2 N–H and O–H groups in total. The van der Waals surface area contributed by atoms with Crippen molar-refractivity contribution in [2.45, 2.75) is 25.7 Å². The molecule has 0 aromatic rings. The molecule has 5 heteroatoms. The van der Waals surface area contributed by atoms with Crippen LogP contribution in [0.2, 0.25) is 0 Å². The van der Waals surface area contributed by atoms with E-state index >= 15 is 0 Å². The van der Waals surface area contributed by atoms with Gasteiger partial charge in [-0.25, -0.2) is 0 Å². The maximum atomic E-state index is 11.5. The molecule has 2 aliphatic rings. The molecule has 0 aromatic carbocycles. The summed E-state index contributed by atoms with van der Waals surface area (Å²) < 4.78 is 0. The van der Waals surface area contributed by atoms with Gasteiger partial charge in [0, 0.05) is 13.0 Å². The summed E-state index contributed by atoms with van der Waals surface area (Å²) >= 11 is 0. The van der Waals surface area contributed by atoms with Gasteiger partial charge in [0.1, 0.15) is 0 Å². The number of hydrogen-bond acceptors (Lipinski definition) is 3. The van der Waals surface area contributed by atoms with Crippen LogP contribution in [0.1, 0.15) is 25.7 Å². The third-order valence-corrected chi connectivity index (χ3v) is 2.96. The summed E-state index contributed by atoms with van der Waals surface area (Å²) in [5.41, 5.74) is -0.423. The Labute approximate surface area is 89.2 Å². The molecule has 0 radical (unpaired) electrons. The molecule has 2 saturated heterocycles. The van der Waals surface area contributed by atoms with Crippen molar-refractivity contribution in [2.24, 2.45) is 5.41 Å². The number of rotatable bonds is 0. The smallest absolute Gasteiger partial charge is 0.234 e. The van der Waals surface area contributed by atoms with Gasteiger partial charge >= 0.3 is 0 Å². The van der Waals surface area contributed by atoms with Crippen molar-refractivity contribution in [3.63, 3.8) is 0 Å². The van der Waals surface area contributed by atoms with Crippen LogP contribution in [0, 0.1) is 5.41 Å². The molecule has 0 aromatic heterocycles. The van der Waals surface area contributed by atoms with E-state index in [1.54, 1.807) is 0 Å². The maximum absolute atomic E-state index is 11.5. The highest BCUT2D eigenvalue weighted by Gasteiger charge is 2.46. The first-order valence-corrected chi connectivity index (χ1v) is 4.78. The average Bonchev–Trinajstić information content (AvgIpc) is 2.29. The van der Waals surface area contributed by atoms with Crippen molar-refractivity contribution in [3.8, 4) is 0 Å². The van der Waals surface area contributed by atoms with Crippen molar-refractivity contribution in [1.29, 1.82) is 0 Å². The second-order valence-corrected chi connectivity index (χ2v) is 3.97. The summed E-state index contributed by atoms with van der Waals surface area (Å²) in [6.07, 6.45) is 3.35. The van der Waals surface area contributed by atoms with E-state index in [2.05, 4.69) is 10.6 Å². The van der Waals surface area contributed by atoms with Gasteiger partial charge < -0.3 is 5.32 Å². The molecular formula is C9H15ClN2O2. The lowest BCUT2D eigenvalue weighted by Gasteiger charge is -2.22. The highest BCUT2D eigenvalue weighted by Crippen LogP contribution is 2.33. The van der Waals surface area contributed by atoms with Crippen molar-refractivity contribution in [1.82, 2.24) is 10.6 Å². The molecule has 80 valence electrons. The van der Waals surface area contributed by atoms with Crippen molar-refractivity contribution < 1.29 is 9.59 Å². The first kappa shape index (κ1) is 11.5. The fourth-order valence-corrected chi connectivity index (χ4v) is 2.17. The Morgan fingerprint density at radius 3 is 2.64 bits per heavy atom. The molecule has 4 nitrogen and oxygen atoms in total. The van der Waals surface area contributed by atoms with Crippen LogP contribution < -0.4 is 10.6 Å². The third-order valence-electron chi connectivity index (χ3n) is 2.96. The second kappa shape index (κ2) is 4.28. The van der Waals surface area contributed by atoms with Crippen LogP contribution in [-0.4, -0.2) is 24.9 Å². The van der Waals surface area contributed by atoms with Crippen LogP contribution in [0.5, 0.6) is 0 Å². The van der Waals surface area contributed by atoms with E-state index in [9.17, 15) is 9.59 Å². The van der Waals surface area contributed by atoms with Gasteiger partial charge in [-0.05, 0) is 19.4 Å². The van der Waals surface area contributed by atoms with E-state index in [0.717, 1.165) is 25.8 Å². The van der Waals surface area contributed by atoms with Crippen LogP contribution in [0.3, 0.4) is 0 Å². The summed E-state index contributed by atoms with van der Waals surface area (Å²) in [6, 6.07) is 0. The standard InChI is InChI=1S/C9H14N2O2.ClH/c12-7-5-9(8(13)11-7)3-1-2-4-10-6-9;/h10H,1-6H2,(H,11,12,13);1H. The zero-order valence-electron chi connectivity index (χ0n) is 7.97. The van der Waals surface area contributed by atoms with E-state index in [1.165, 1.54) is 0 Å². The lowest BCUT2D eigenvalue weighted by Crippen LogP contribution is -2.39. The average molecular weight is 219 g/mol. The zero-order chi connectivity index (χ0) is 9.31. The first-order chi connectivity index (χ1) is 6.23. The fourth-order valence-electron chi connectivity index (χ4n) is 2.17. The van der Waals surface area contributed by atoms with E-state index in [1.807, 2.05) is 0 Å². The third kappa shape index (κ3) is 1.91. The predicted molar refractivity (Wildman–Crippen MR) is 54.2 cm³/mol. The number of imide groups is 1. The van der Waals surface area contributed by atoms with Gasteiger partial charge in [-0.15, -0.1) is 12.4 Å². The van der Waals surface area contributed by atoms with Gasteiger partial charge in [0.15, 0.2) is 0 Å². The van der Waals surface area contributed by atoms with Gasteiger partial charge in [-0.2, -0.15) is 0 Å². The number of carbonyl (C=O) groups excluding carboxylic acids is 2. The van der Waals surface area contributed by atoms with Gasteiger partial charge in [-0.1, -0.05) is 6.42 Å². The molecule has 2 amide bonds. The molecule has 14 heavy (non-hydrogen) atoms. The lowest BCUT2D eigenvalue weighted by atomic mass is 9.82.